The fourth-order valence-electron chi connectivity index (χ4n) is 2.89. The Kier molecular flexibility index (Phi) is 4.13. The molecule has 1 saturated carbocycles. The average molecular weight is 286 g/mol. The number of hydrogen-bond acceptors (Lipinski definition) is 4. The molecule has 2 rings (SSSR count). The van der Waals surface area contributed by atoms with Crippen LogP contribution in [0.5, 0.6) is 11.6 Å². The van der Waals surface area contributed by atoms with Crippen molar-refractivity contribution in [2.24, 2.45) is 5.73 Å². The van der Waals surface area contributed by atoms with Gasteiger partial charge in [-0.05, 0) is 18.9 Å². The molecule has 20 heavy (non-hydrogen) atoms. The van der Waals surface area contributed by atoms with Gasteiger partial charge in [0.25, 0.3) is 0 Å². The van der Waals surface area contributed by atoms with Crippen molar-refractivity contribution in [2.75, 3.05) is 20.8 Å². The Labute approximate surface area is 117 Å². The zero-order valence-corrected chi connectivity index (χ0v) is 11.8. The van der Waals surface area contributed by atoms with Crippen LogP contribution in [0.15, 0.2) is 12.3 Å². The summed E-state index contributed by atoms with van der Waals surface area (Å²) in [6.07, 6.45) is 1.82. The zero-order valence-electron chi connectivity index (χ0n) is 11.8. The molecule has 0 amide bonds. The largest absolute Gasteiger partial charge is 0.496 e. The predicted octanol–water partition coefficient (Wildman–Crippen LogP) is 2.50. The predicted molar refractivity (Wildman–Crippen MR) is 71.5 cm³/mol. The number of nitrogens with zero attached hydrogens (tertiary/aromatic N) is 1. The standard InChI is InChI=1S/C14H20F2N2O2/c1-19-10-3-8-18-12(20-2)11(10)13(9-17)4-6-14(15,16)7-5-13/h3,8H,4-7,9,17H2,1-2H3. The van der Waals surface area contributed by atoms with E-state index in [2.05, 4.69) is 4.98 Å². The Hall–Kier alpha value is -1.43. The highest BCUT2D eigenvalue weighted by Crippen LogP contribution is 2.49. The number of ether oxygens (including phenoxy) is 2. The number of alkyl halides is 2. The minimum absolute atomic E-state index is 0.175. The minimum Gasteiger partial charge on any atom is -0.496 e. The monoisotopic (exact) mass is 286 g/mol. The van der Waals surface area contributed by atoms with Gasteiger partial charge in [0, 0.05) is 31.0 Å². The Morgan fingerprint density at radius 2 is 1.85 bits per heavy atom. The molecule has 0 bridgehead atoms. The summed E-state index contributed by atoms with van der Waals surface area (Å²) < 4.78 is 37.5. The quantitative estimate of drug-likeness (QED) is 0.924. The van der Waals surface area contributed by atoms with Crippen LogP contribution in [0.4, 0.5) is 8.78 Å². The van der Waals surface area contributed by atoms with Crippen molar-refractivity contribution >= 4 is 0 Å². The summed E-state index contributed by atoms with van der Waals surface area (Å²) in [6, 6.07) is 1.71. The summed E-state index contributed by atoms with van der Waals surface area (Å²) in [6.45, 7) is 0.265. The van der Waals surface area contributed by atoms with E-state index in [4.69, 9.17) is 15.2 Å². The van der Waals surface area contributed by atoms with Crippen LogP contribution < -0.4 is 15.2 Å². The highest BCUT2D eigenvalue weighted by molar-refractivity contribution is 5.46. The van der Waals surface area contributed by atoms with E-state index in [0.717, 1.165) is 0 Å². The van der Waals surface area contributed by atoms with Gasteiger partial charge >= 0.3 is 0 Å². The molecule has 1 aromatic heterocycles. The van der Waals surface area contributed by atoms with E-state index in [9.17, 15) is 8.78 Å². The lowest BCUT2D eigenvalue weighted by Gasteiger charge is -2.40. The molecule has 1 aliphatic rings. The summed E-state index contributed by atoms with van der Waals surface area (Å²) in [5.74, 6) is -1.62. The molecule has 1 aromatic rings. The highest BCUT2D eigenvalue weighted by atomic mass is 19.3. The first-order chi connectivity index (χ1) is 9.48. The summed E-state index contributed by atoms with van der Waals surface area (Å²) in [4.78, 5) is 4.17. The van der Waals surface area contributed by atoms with Gasteiger partial charge in [0.1, 0.15) is 5.75 Å². The van der Waals surface area contributed by atoms with Gasteiger partial charge in [0.05, 0.1) is 19.8 Å². The molecule has 0 atom stereocenters. The van der Waals surface area contributed by atoms with E-state index in [1.165, 1.54) is 7.11 Å². The zero-order chi connectivity index (χ0) is 14.8. The minimum atomic E-state index is -2.61. The number of aromatic nitrogens is 1. The first kappa shape index (κ1) is 15.0. The highest BCUT2D eigenvalue weighted by Gasteiger charge is 2.46. The third-order valence-corrected chi connectivity index (χ3v) is 4.15. The van der Waals surface area contributed by atoms with E-state index in [1.807, 2.05) is 0 Å². The van der Waals surface area contributed by atoms with E-state index < -0.39 is 11.3 Å². The van der Waals surface area contributed by atoms with Gasteiger partial charge in [-0.2, -0.15) is 0 Å². The molecule has 4 nitrogen and oxygen atoms in total. The number of halogens is 2. The molecule has 0 spiro atoms. The van der Waals surface area contributed by atoms with Crippen LogP contribution in [-0.2, 0) is 5.41 Å². The van der Waals surface area contributed by atoms with Crippen molar-refractivity contribution in [3.8, 4) is 11.6 Å². The lowest BCUT2D eigenvalue weighted by molar-refractivity contribution is -0.0514. The molecule has 0 unspecified atom stereocenters. The van der Waals surface area contributed by atoms with Crippen LogP contribution in [-0.4, -0.2) is 31.7 Å². The SMILES string of the molecule is COc1ccnc(OC)c1C1(CN)CCC(F)(F)CC1. The number of pyridine rings is 1. The molecule has 6 heteroatoms. The van der Waals surface area contributed by atoms with Gasteiger partial charge in [-0.3, -0.25) is 0 Å². The molecule has 0 aliphatic heterocycles. The van der Waals surface area contributed by atoms with Gasteiger partial charge in [-0.1, -0.05) is 0 Å². The van der Waals surface area contributed by atoms with Crippen molar-refractivity contribution in [3.63, 3.8) is 0 Å². The molecular weight excluding hydrogens is 266 g/mol. The van der Waals surface area contributed by atoms with Crippen LogP contribution in [0, 0.1) is 0 Å². The van der Waals surface area contributed by atoms with E-state index >= 15 is 0 Å². The number of nitrogens with two attached hydrogens (primary N) is 1. The first-order valence-electron chi connectivity index (χ1n) is 6.63. The van der Waals surface area contributed by atoms with Crippen molar-refractivity contribution in [2.45, 2.75) is 37.0 Å². The summed E-state index contributed by atoms with van der Waals surface area (Å²) in [5, 5.41) is 0. The Balaban J connectivity index is 2.47. The molecule has 1 heterocycles. The van der Waals surface area contributed by atoms with Gasteiger partial charge < -0.3 is 15.2 Å². The third-order valence-electron chi connectivity index (χ3n) is 4.15. The maximum Gasteiger partial charge on any atom is 0.248 e. The summed E-state index contributed by atoms with van der Waals surface area (Å²) in [5.41, 5.74) is 6.07. The lowest BCUT2D eigenvalue weighted by Crippen LogP contribution is -2.42. The Morgan fingerprint density at radius 3 is 2.35 bits per heavy atom. The maximum atomic E-state index is 13.4. The van der Waals surface area contributed by atoms with E-state index in [0.29, 0.717) is 30.0 Å². The molecule has 1 aliphatic carbocycles. The van der Waals surface area contributed by atoms with Crippen LogP contribution in [0.1, 0.15) is 31.2 Å². The molecule has 0 saturated heterocycles. The van der Waals surface area contributed by atoms with Crippen molar-refractivity contribution in [1.82, 2.24) is 4.98 Å². The van der Waals surface area contributed by atoms with Crippen molar-refractivity contribution < 1.29 is 18.3 Å². The number of hydrogen-bond donors (Lipinski definition) is 1. The second-order valence-electron chi connectivity index (χ2n) is 5.24. The second kappa shape index (κ2) is 5.52. The molecule has 1 fully saturated rings. The fourth-order valence-corrected chi connectivity index (χ4v) is 2.89. The normalized spacial score (nSPS) is 20.4. The van der Waals surface area contributed by atoms with Crippen LogP contribution in [0.2, 0.25) is 0 Å². The molecule has 0 radical (unpaired) electrons. The van der Waals surface area contributed by atoms with Crippen LogP contribution in [0.3, 0.4) is 0 Å². The van der Waals surface area contributed by atoms with Crippen molar-refractivity contribution in [1.29, 1.82) is 0 Å². The van der Waals surface area contributed by atoms with Crippen LogP contribution in [0.25, 0.3) is 0 Å². The van der Waals surface area contributed by atoms with Crippen molar-refractivity contribution in [3.05, 3.63) is 17.8 Å². The molecule has 2 N–H and O–H groups in total. The van der Waals surface area contributed by atoms with E-state index in [1.54, 1.807) is 19.4 Å². The number of methoxy groups -OCH3 is 2. The van der Waals surface area contributed by atoms with Gasteiger partial charge in [0.2, 0.25) is 11.8 Å². The fraction of sp³-hybridized carbons (Fsp3) is 0.643. The van der Waals surface area contributed by atoms with Crippen LogP contribution >= 0.6 is 0 Å². The summed E-state index contributed by atoms with van der Waals surface area (Å²) >= 11 is 0. The van der Waals surface area contributed by atoms with Gasteiger partial charge in [-0.15, -0.1) is 0 Å². The lowest BCUT2D eigenvalue weighted by atomic mass is 9.68. The molecule has 112 valence electrons. The average Bonchev–Trinajstić information content (AvgIpc) is 2.47. The molecular formula is C14H20F2N2O2. The first-order valence-corrected chi connectivity index (χ1v) is 6.63. The Morgan fingerprint density at radius 1 is 1.20 bits per heavy atom. The molecule has 0 aromatic carbocycles. The topological polar surface area (TPSA) is 57.4 Å². The van der Waals surface area contributed by atoms with Gasteiger partial charge in [-0.25, -0.2) is 13.8 Å². The summed E-state index contributed by atoms with van der Waals surface area (Å²) in [7, 11) is 3.05. The third kappa shape index (κ3) is 2.57. The van der Waals surface area contributed by atoms with Gasteiger partial charge in [0.15, 0.2) is 0 Å². The second-order valence-corrected chi connectivity index (χ2v) is 5.24. The Bertz CT molecular complexity index is 448. The smallest absolute Gasteiger partial charge is 0.248 e. The maximum absolute atomic E-state index is 13.4. The number of rotatable bonds is 4. The van der Waals surface area contributed by atoms with E-state index in [-0.39, 0.29) is 19.4 Å².